The molecule has 1 aromatic rings. The molecule has 1 fully saturated rings. The summed E-state index contributed by atoms with van der Waals surface area (Å²) in [6, 6.07) is 0.296. The summed E-state index contributed by atoms with van der Waals surface area (Å²) < 4.78 is 2.04. The van der Waals surface area contributed by atoms with Gasteiger partial charge in [0.2, 0.25) is 0 Å². The highest BCUT2D eigenvalue weighted by Crippen LogP contribution is 2.44. The lowest BCUT2D eigenvalue weighted by atomic mass is 9.75. The van der Waals surface area contributed by atoms with Crippen LogP contribution in [0.25, 0.3) is 0 Å². The van der Waals surface area contributed by atoms with Crippen LogP contribution in [0.4, 0.5) is 0 Å². The summed E-state index contributed by atoms with van der Waals surface area (Å²) in [5, 5.41) is 4.36. The van der Waals surface area contributed by atoms with Crippen molar-refractivity contribution in [2.45, 2.75) is 71.9 Å². The molecule has 114 valence electrons. The molecule has 1 aliphatic rings. The fourth-order valence-electron chi connectivity index (χ4n) is 3.61. The normalized spacial score (nSPS) is 19.6. The van der Waals surface area contributed by atoms with E-state index in [1.54, 1.807) is 6.33 Å². The maximum atomic E-state index is 5.87. The van der Waals surface area contributed by atoms with Gasteiger partial charge in [0, 0.05) is 19.0 Å². The monoisotopic (exact) mass is 279 g/mol. The number of hydrazine groups is 1. The van der Waals surface area contributed by atoms with E-state index in [0.29, 0.717) is 17.4 Å². The average Bonchev–Trinajstić information content (AvgIpc) is 3.05. The topological polar surface area (TPSA) is 68.8 Å². The highest BCUT2D eigenvalue weighted by Gasteiger charge is 2.39. The van der Waals surface area contributed by atoms with E-state index >= 15 is 0 Å². The van der Waals surface area contributed by atoms with Gasteiger partial charge in [0.25, 0.3) is 0 Å². The Kier molecular flexibility index (Phi) is 5.16. The van der Waals surface area contributed by atoms with E-state index in [1.165, 1.54) is 32.1 Å². The Hall–Kier alpha value is -0.940. The highest BCUT2D eigenvalue weighted by molar-refractivity contribution is 4.99. The number of nitrogens with zero attached hydrogens (tertiary/aromatic N) is 3. The summed E-state index contributed by atoms with van der Waals surface area (Å²) in [5.41, 5.74) is 3.41. The van der Waals surface area contributed by atoms with Crippen molar-refractivity contribution < 1.29 is 0 Å². The molecule has 1 heterocycles. The number of rotatable bonds is 7. The molecule has 1 aliphatic carbocycles. The summed E-state index contributed by atoms with van der Waals surface area (Å²) in [6.45, 7) is 7.61. The lowest BCUT2D eigenvalue weighted by molar-refractivity contribution is 0.181. The van der Waals surface area contributed by atoms with Crippen LogP contribution in [0.2, 0.25) is 0 Å². The Balaban J connectivity index is 2.12. The zero-order chi connectivity index (χ0) is 14.6. The van der Waals surface area contributed by atoms with Crippen LogP contribution < -0.4 is 11.3 Å². The van der Waals surface area contributed by atoms with Gasteiger partial charge in [-0.2, -0.15) is 5.10 Å². The summed E-state index contributed by atoms with van der Waals surface area (Å²) in [4.78, 5) is 4.45. The number of nitrogens with one attached hydrogen (secondary N) is 1. The first-order valence-corrected chi connectivity index (χ1v) is 7.94. The Bertz CT molecular complexity index is 406. The molecule has 1 unspecified atom stereocenters. The van der Waals surface area contributed by atoms with Crippen molar-refractivity contribution in [1.29, 1.82) is 0 Å². The van der Waals surface area contributed by atoms with Crippen LogP contribution in [0.3, 0.4) is 0 Å². The van der Waals surface area contributed by atoms with E-state index in [0.717, 1.165) is 18.8 Å². The third-order valence-electron chi connectivity index (χ3n) is 4.86. The van der Waals surface area contributed by atoms with Crippen LogP contribution in [0.1, 0.15) is 58.7 Å². The van der Waals surface area contributed by atoms with E-state index in [4.69, 9.17) is 5.84 Å². The number of nitrogens with two attached hydrogens (primary N) is 1. The van der Waals surface area contributed by atoms with Crippen molar-refractivity contribution in [3.8, 4) is 0 Å². The molecule has 5 heteroatoms. The second-order valence-electron chi connectivity index (χ2n) is 6.60. The van der Waals surface area contributed by atoms with Crippen molar-refractivity contribution >= 4 is 0 Å². The molecule has 0 aliphatic heterocycles. The average molecular weight is 279 g/mol. The third-order valence-corrected chi connectivity index (χ3v) is 4.86. The number of hydrogen-bond donors (Lipinski definition) is 2. The molecule has 1 aromatic heterocycles. The molecule has 0 aromatic carbocycles. The largest absolute Gasteiger partial charge is 0.271 e. The predicted molar refractivity (Wildman–Crippen MR) is 80.9 cm³/mol. The minimum Gasteiger partial charge on any atom is -0.271 e. The first kappa shape index (κ1) is 15.4. The zero-order valence-electron chi connectivity index (χ0n) is 13.1. The van der Waals surface area contributed by atoms with Crippen molar-refractivity contribution in [3.63, 3.8) is 0 Å². The Morgan fingerprint density at radius 3 is 2.65 bits per heavy atom. The lowest BCUT2D eigenvalue weighted by Gasteiger charge is -2.36. The second-order valence-corrected chi connectivity index (χ2v) is 6.60. The second kappa shape index (κ2) is 6.68. The molecule has 2 rings (SSSR count). The van der Waals surface area contributed by atoms with Crippen molar-refractivity contribution in [2.75, 3.05) is 0 Å². The minimum atomic E-state index is 0.296. The molecule has 5 nitrogen and oxygen atoms in total. The fourth-order valence-corrected chi connectivity index (χ4v) is 3.61. The molecule has 0 bridgehead atoms. The minimum absolute atomic E-state index is 0.296. The quantitative estimate of drug-likeness (QED) is 0.593. The zero-order valence-corrected chi connectivity index (χ0v) is 13.1. The SMILES string of the molecule is CCC1(C(Cc2ncnn2CC(C)C)NN)CCCC1. The Labute approximate surface area is 122 Å². The number of aromatic nitrogens is 3. The highest BCUT2D eigenvalue weighted by atomic mass is 15.3. The maximum Gasteiger partial charge on any atom is 0.138 e. The van der Waals surface area contributed by atoms with Crippen LogP contribution in [-0.4, -0.2) is 20.8 Å². The number of hydrogen-bond acceptors (Lipinski definition) is 4. The summed E-state index contributed by atoms with van der Waals surface area (Å²) in [7, 11) is 0. The predicted octanol–water partition coefficient (Wildman–Crippen LogP) is 2.28. The molecular formula is C15H29N5. The molecule has 1 saturated carbocycles. The molecule has 0 amide bonds. The third kappa shape index (κ3) is 3.20. The van der Waals surface area contributed by atoms with Gasteiger partial charge in [-0.05, 0) is 30.6 Å². The van der Waals surface area contributed by atoms with Gasteiger partial charge in [0.15, 0.2) is 0 Å². The van der Waals surface area contributed by atoms with Crippen LogP contribution in [0.5, 0.6) is 0 Å². The van der Waals surface area contributed by atoms with Gasteiger partial charge in [-0.3, -0.25) is 11.3 Å². The molecule has 0 saturated heterocycles. The van der Waals surface area contributed by atoms with Gasteiger partial charge < -0.3 is 0 Å². The molecule has 20 heavy (non-hydrogen) atoms. The van der Waals surface area contributed by atoms with E-state index in [9.17, 15) is 0 Å². The van der Waals surface area contributed by atoms with Crippen LogP contribution in [0, 0.1) is 11.3 Å². The summed E-state index contributed by atoms with van der Waals surface area (Å²) in [5.74, 6) is 7.51. The molecule has 3 N–H and O–H groups in total. The first-order chi connectivity index (χ1) is 9.61. The molecule has 0 spiro atoms. The van der Waals surface area contributed by atoms with Crippen molar-refractivity contribution in [3.05, 3.63) is 12.2 Å². The van der Waals surface area contributed by atoms with Gasteiger partial charge in [-0.15, -0.1) is 0 Å². The van der Waals surface area contributed by atoms with E-state index in [2.05, 4.69) is 36.3 Å². The van der Waals surface area contributed by atoms with Gasteiger partial charge in [-0.1, -0.05) is 33.6 Å². The Morgan fingerprint density at radius 2 is 2.10 bits per heavy atom. The molecule has 0 radical (unpaired) electrons. The van der Waals surface area contributed by atoms with Crippen molar-refractivity contribution in [1.82, 2.24) is 20.2 Å². The fraction of sp³-hybridized carbons (Fsp3) is 0.867. The van der Waals surface area contributed by atoms with E-state index in [1.807, 2.05) is 4.68 Å². The Morgan fingerprint density at radius 1 is 1.40 bits per heavy atom. The first-order valence-electron chi connectivity index (χ1n) is 7.94. The lowest BCUT2D eigenvalue weighted by Crippen LogP contribution is -2.49. The van der Waals surface area contributed by atoms with Crippen LogP contribution in [-0.2, 0) is 13.0 Å². The van der Waals surface area contributed by atoms with Gasteiger partial charge in [0.05, 0.1) is 0 Å². The standard InChI is InChI=1S/C15H29N5/c1-4-15(7-5-6-8-15)13(19-16)9-14-17-11-18-20(14)10-12(2)3/h11-13,19H,4-10,16H2,1-3H3. The van der Waals surface area contributed by atoms with Crippen LogP contribution >= 0.6 is 0 Å². The van der Waals surface area contributed by atoms with Crippen LogP contribution in [0.15, 0.2) is 6.33 Å². The summed E-state index contributed by atoms with van der Waals surface area (Å²) >= 11 is 0. The van der Waals surface area contributed by atoms with Gasteiger partial charge in [0.1, 0.15) is 12.2 Å². The van der Waals surface area contributed by atoms with Gasteiger partial charge in [-0.25, -0.2) is 9.67 Å². The molecule has 1 atom stereocenters. The maximum absolute atomic E-state index is 5.87. The van der Waals surface area contributed by atoms with E-state index in [-0.39, 0.29) is 0 Å². The van der Waals surface area contributed by atoms with Gasteiger partial charge >= 0.3 is 0 Å². The smallest absolute Gasteiger partial charge is 0.138 e. The van der Waals surface area contributed by atoms with Crippen molar-refractivity contribution in [2.24, 2.45) is 17.2 Å². The summed E-state index contributed by atoms with van der Waals surface area (Å²) in [6.07, 6.45) is 8.92. The molecular weight excluding hydrogens is 250 g/mol. The van der Waals surface area contributed by atoms with E-state index < -0.39 is 0 Å².